The van der Waals surface area contributed by atoms with Crippen LogP contribution in [0, 0.1) is 12.8 Å². The summed E-state index contributed by atoms with van der Waals surface area (Å²) in [5.74, 6) is 0.335. The molecule has 2 aromatic carbocycles. The Morgan fingerprint density at radius 2 is 1.97 bits per heavy atom. The Bertz CT molecular complexity index is 1110. The van der Waals surface area contributed by atoms with E-state index in [4.69, 9.17) is 9.26 Å². The van der Waals surface area contributed by atoms with E-state index in [0.29, 0.717) is 36.1 Å². The van der Waals surface area contributed by atoms with E-state index in [0.717, 1.165) is 24.9 Å². The average molecular weight is 449 g/mol. The summed E-state index contributed by atoms with van der Waals surface area (Å²) < 4.78 is 10.6. The molecule has 4 rings (SSSR count). The van der Waals surface area contributed by atoms with Gasteiger partial charge in [-0.3, -0.25) is 9.69 Å². The van der Waals surface area contributed by atoms with Crippen molar-refractivity contribution in [1.82, 2.24) is 15.0 Å². The first kappa shape index (κ1) is 22.7. The Kier molecular flexibility index (Phi) is 7.14. The molecule has 1 aliphatic rings. The molecule has 1 fully saturated rings. The lowest BCUT2D eigenvalue weighted by molar-refractivity contribution is -0.121. The van der Waals surface area contributed by atoms with E-state index in [1.54, 1.807) is 31.2 Å². The summed E-state index contributed by atoms with van der Waals surface area (Å²) in [5.41, 5.74) is 2.91. The maximum atomic E-state index is 13.0. The highest BCUT2D eigenvalue weighted by Crippen LogP contribution is 2.23. The van der Waals surface area contributed by atoms with Crippen LogP contribution in [-0.2, 0) is 16.1 Å². The van der Waals surface area contributed by atoms with E-state index in [-0.39, 0.29) is 18.4 Å². The zero-order valence-electron chi connectivity index (χ0n) is 18.9. The fraction of sp³-hybridized carbons (Fsp3) is 0.360. The number of nitrogens with one attached hydrogen (secondary N) is 1. The van der Waals surface area contributed by atoms with Crippen molar-refractivity contribution >= 4 is 17.6 Å². The molecule has 8 heteroatoms. The number of amides is 1. The van der Waals surface area contributed by atoms with Crippen molar-refractivity contribution in [3.8, 4) is 11.4 Å². The first-order chi connectivity index (χ1) is 16.0. The molecule has 1 saturated heterocycles. The zero-order valence-corrected chi connectivity index (χ0v) is 18.9. The summed E-state index contributed by atoms with van der Waals surface area (Å²) in [6, 6.07) is 14.9. The van der Waals surface area contributed by atoms with E-state index in [2.05, 4.69) is 20.4 Å². The highest BCUT2D eigenvalue weighted by Gasteiger charge is 2.28. The Morgan fingerprint density at radius 3 is 2.76 bits per heavy atom. The zero-order chi connectivity index (χ0) is 23.2. The van der Waals surface area contributed by atoms with E-state index in [9.17, 15) is 9.59 Å². The van der Waals surface area contributed by atoms with Crippen LogP contribution in [0.3, 0.4) is 0 Å². The molecule has 1 aliphatic heterocycles. The van der Waals surface area contributed by atoms with Crippen LogP contribution in [0.2, 0.25) is 0 Å². The van der Waals surface area contributed by atoms with Gasteiger partial charge in [0.2, 0.25) is 17.6 Å². The fourth-order valence-electron chi connectivity index (χ4n) is 3.96. The molecule has 1 unspecified atom stereocenters. The number of ether oxygens (including phenoxy) is 1. The molecule has 0 radical (unpaired) electrons. The van der Waals surface area contributed by atoms with Gasteiger partial charge in [0.25, 0.3) is 0 Å². The number of nitrogens with zero attached hydrogens (tertiary/aromatic N) is 3. The number of esters is 1. The molecule has 0 aliphatic carbocycles. The van der Waals surface area contributed by atoms with Gasteiger partial charge in [0.1, 0.15) is 0 Å². The summed E-state index contributed by atoms with van der Waals surface area (Å²) in [5, 5.41) is 7.01. The van der Waals surface area contributed by atoms with Gasteiger partial charge >= 0.3 is 5.97 Å². The van der Waals surface area contributed by atoms with Crippen LogP contribution in [0.25, 0.3) is 11.4 Å². The second-order valence-corrected chi connectivity index (χ2v) is 8.21. The molecule has 1 atom stereocenters. The summed E-state index contributed by atoms with van der Waals surface area (Å²) in [4.78, 5) is 31.8. The molecular weight excluding hydrogens is 420 g/mol. The number of carbonyl (C=O) groups is 2. The van der Waals surface area contributed by atoms with Crippen molar-refractivity contribution in [3.63, 3.8) is 0 Å². The number of aromatic nitrogens is 2. The summed E-state index contributed by atoms with van der Waals surface area (Å²) in [6.07, 6.45) is 1.67. The minimum absolute atomic E-state index is 0.109. The Morgan fingerprint density at radius 1 is 1.18 bits per heavy atom. The third kappa shape index (κ3) is 5.64. The van der Waals surface area contributed by atoms with Gasteiger partial charge in [0.05, 0.1) is 30.3 Å². The number of benzene rings is 2. The largest absolute Gasteiger partial charge is 0.462 e. The van der Waals surface area contributed by atoms with E-state index < -0.39 is 5.97 Å². The molecule has 1 amide bonds. The molecular formula is C25H28N4O4. The quantitative estimate of drug-likeness (QED) is 0.544. The monoisotopic (exact) mass is 448 g/mol. The second kappa shape index (κ2) is 10.4. The predicted molar refractivity (Wildman–Crippen MR) is 124 cm³/mol. The molecule has 1 N–H and O–H groups in total. The minimum Gasteiger partial charge on any atom is -0.462 e. The number of anilines is 1. The summed E-state index contributed by atoms with van der Waals surface area (Å²) in [6.45, 7) is 5.98. The van der Waals surface area contributed by atoms with E-state index in [1.165, 1.54) is 5.56 Å². The standard InChI is InChI=1S/C25H28N4O4/c1-3-32-25(31)20-8-4-5-9-21(20)26-24(30)19-7-6-14-29(15-19)16-22-27-23(28-33-22)18-12-10-17(2)11-13-18/h4-5,8-13,19H,3,6-7,14-16H2,1-2H3,(H,26,30). The maximum Gasteiger partial charge on any atom is 0.340 e. The van der Waals surface area contributed by atoms with Crippen molar-refractivity contribution in [3.05, 3.63) is 65.5 Å². The summed E-state index contributed by atoms with van der Waals surface area (Å²) >= 11 is 0. The van der Waals surface area contributed by atoms with Gasteiger partial charge in [0, 0.05) is 12.1 Å². The number of likely N-dealkylation sites (tertiary alicyclic amines) is 1. The van der Waals surface area contributed by atoms with Crippen molar-refractivity contribution in [2.45, 2.75) is 33.2 Å². The number of piperidine rings is 1. The lowest BCUT2D eigenvalue weighted by Crippen LogP contribution is -2.40. The lowest BCUT2D eigenvalue weighted by atomic mass is 9.97. The van der Waals surface area contributed by atoms with Crippen LogP contribution in [0.4, 0.5) is 5.69 Å². The van der Waals surface area contributed by atoms with Crippen molar-refractivity contribution < 1.29 is 18.8 Å². The minimum atomic E-state index is -0.445. The topological polar surface area (TPSA) is 97.6 Å². The number of aryl methyl sites for hydroxylation is 1. The van der Waals surface area contributed by atoms with Crippen LogP contribution in [-0.4, -0.2) is 46.6 Å². The molecule has 172 valence electrons. The first-order valence-corrected chi connectivity index (χ1v) is 11.2. The van der Waals surface area contributed by atoms with Crippen molar-refractivity contribution in [1.29, 1.82) is 0 Å². The Hall–Kier alpha value is -3.52. The van der Waals surface area contributed by atoms with Crippen LogP contribution >= 0.6 is 0 Å². The smallest absolute Gasteiger partial charge is 0.340 e. The molecule has 0 bridgehead atoms. The number of para-hydroxylation sites is 1. The average Bonchev–Trinajstić information content (AvgIpc) is 3.28. The molecule has 0 spiro atoms. The first-order valence-electron chi connectivity index (χ1n) is 11.2. The SMILES string of the molecule is CCOC(=O)c1ccccc1NC(=O)C1CCCN(Cc2nc(-c3ccc(C)cc3)no2)C1. The third-order valence-electron chi connectivity index (χ3n) is 5.69. The van der Waals surface area contributed by atoms with Crippen LogP contribution in [0.1, 0.15) is 41.6 Å². The van der Waals surface area contributed by atoms with Crippen LogP contribution in [0.5, 0.6) is 0 Å². The number of hydrogen-bond donors (Lipinski definition) is 1. The normalized spacial score (nSPS) is 16.4. The highest BCUT2D eigenvalue weighted by atomic mass is 16.5. The van der Waals surface area contributed by atoms with Crippen molar-refractivity contribution in [2.24, 2.45) is 5.92 Å². The van der Waals surface area contributed by atoms with E-state index in [1.807, 2.05) is 31.2 Å². The van der Waals surface area contributed by atoms with Gasteiger partial charge < -0.3 is 14.6 Å². The molecule has 8 nitrogen and oxygen atoms in total. The Balaban J connectivity index is 1.38. The lowest BCUT2D eigenvalue weighted by Gasteiger charge is -2.31. The molecule has 3 aromatic rings. The van der Waals surface area contributed by atoms with Crippen LogP contribution in [0.15, 0.2) is 53.1 Å². The van der Waals surface area contributed by atoms with E-state index >= 15 is 0 Å². The van der Waals surface area contributed by atoms with Gasteiger partial charge in [-0.1, -0.05) is 47.1 Å². The number of hydrogen-bond acceptors (Lipinski definition) is 7. The number of carbonyl (C=O) groups excluding carboxylic acids is 2. The van der Waals surface area contributed by atoms with Gasteiger partial charge in [-0.05, 0) is 45.4 Å². The predicted octanol–water partition coefficient (Wildman–Crippen LogP) is 4.07. The fourth-order valence-corrected chi connectivity index (χ4v) is 3.96. The van der Waals surface area contributed by atoms with Gasteiger partial charge in [-0.2, -0.15) is 4.98 Å². The van der Waals surface area contributed by atoms with Crippen molar-refractivity contribution in [2.75, 3.05) is 25.0 Å². The third-order valence-corrected chi connectivity index (χ3v) is 5.69. The van der Waals surface area contributed by atoms with Gasteiger partial charge in [0.15, 0.2) is 0 Å². The maximum absolute atomic E-state index is 13.0. The number of rotatable bonds is 7. The highest BCUT2D eigenvalue weighted by molar-refractivity contribution is 6.01. The molecule has 0 saturated carbocycles. The van der Waals surface area contributed by atoms with Gasteiger partial charge in [-0.25, -0.2) is 4.79 Å². The molecule has 1 aromatic heterocycles. The second-order valence-electron chi connectivity index (χ2n) is 8.21. The molecule has 33 heavy (non-hydrogen) atoms. The van der Waals surface area contributed by atoms with Crippen LogP contribution < -0.4 is 5.32 Å². The van der Waals surface area contributed by atoms with Gasteiger partial charge in [-0.15, -0.1) is 0 Å². The summed E-state index contributed by atoms with van der Waals surface area (Å²) in [7, 11) is 0. The Labute approximate surface area is 192 Å². The molecule has 2 heterocycles.